The Balaban J connectivity index is 1.33. The van der Waals surface area contributed by atoms with Crippen LogP contribution in [0, 0.1) is 0 Å². The van der Waals surface area contributed by atoms with Gasteiger partial charge in [0.2, 0.25) is 0 Å². The third-order valence-corrected chi connectivity index (χ3v) is 7.42. The highest BCUT2D eigenvalue weighted by Crippen LogP contribution is 2.38. The highest BCUT2D eigenvalue weighted by Gasteiger charge is 2.45. The number of hydrogen-bond donors (Lipinski definition) is 2. The van der Waals surface area contributed by atoms with E-state index in [9.17, 15) is 9.90 Å². The van der Waals surface area contributed by atoms with E-state index in [1.165, 1.54) is 6.20 Å². The molecule has 0 bridgehead atoms. The van der Waals surface area contributed by atoms with Crippen LogP contribution in [-0.2, 0) is 11.8 Å². The first-order chi connectivity index (χ1) is 15.8. The topological polar surface area (TPSA) is 92.5 Å². The number of hydrogen-bond acceptors (Lipinski definition) is 6. The van der Waals surface area contributed by atoms with Crippen molar-refractivity contribution < 1.29 is 14.6 Å². The van der Waals surface area contributed by atoms with E-state index in [1.807, 2.05) is 12.1 Å². The molecule has 2 aliphatic heterocycles. The number of likely N-dealkylation sites (tertiary alicyclic amines) is 1. The molecule has 2 N–H and O–H groups in total. The molecule has 3 aromatic rings. The van der Waals surface area contributed by atoms with Crippen LogP contribution in [0.15, 0.2) is 36.8 Å². The molecule has 9 heteroatoms. The first-order valence-electron chi connectivity index (χ1n) is 11.2. The molecule has 2 fully saturated rings. The Morgan fingerprint density at radius 3 is 2.70 bits per heavy atom. The van der Waals surface area contributed by atoms with Gasteiger partial charge in [-0.2, -0.15) is 5.10 Å². The summed E-state index contributed by atoms with van der Waals surface area (Å²) in [5.74, 6) is 0.577. The van der Waals surface area contributed by atoms with Gasteiger partial charge in [0.05, 0.1) is 36.6 Å². The number of anilines is 1. The Hall–Kier alpha value is -2.52. The number of aryl methyl sites for hydroxylation is 1. The standard InChI is InChI=1S/C24H28ClN5O3/c1-24(14-33-13-21(24)31)30-5-3-15(4-6-30)19-7-16-9-22(26-10-17(16)8-20(19)25)28-23(32)18-11-27-29(2)12-18/h7-12,15,21,31H,3-6,13-14H2,1-2H3,(H,26,28,32)/t21-,24+/m0/s1. The molecule has 174 valence electrons. The van der Waals surface area contributed by atoms with E-state index in [0.29, 0.717) is 30.5 Å². The molecule has 2 atom stereocenters. The van der Waals surface area contributed by atoms with Crippen molar-refractivity contribution in [3.05, 3.63) is 52.9 Å². The molecule has 0 radical (unpaired) electrons. The fraction of sp³-hybridized carbons (Fsp3) is 0.458. The second-order valence-electron chi connectivity index (χ2n) is 9.30. The lowest BCUT2D eigenvalue weighted by Crippen LogP contribution is -2.56. The van der Waals surface area contributed by atoms with Gasteiger partial charge in [0.25, 0.3) is 5.91 Å². The van der Waals surface area contributed by atoms with E-state index in [0.717, 1.165) is 47.3 Å². The van der Waals surface area contributed by atoms with Crippen molar-refractivity contribution in [3.63, 3.8) is 0 Å². The number of ether oxygens (including phenoxy) is 1. The van der Waals surface area contributed by atoms with E-state index in [-0.39, 0.29) is 11.4 Å². The van der Waals surface area contributed by atoms with Crippen LogP contribution in [0.5, 0.6) is 0 Å². The third-order valence-electron chi connectivity index (χ3n) is 7.09. The van der Waals surface area contributed by atoms with Crippen LogP contribution in [0.3, 0.4) is 0 Å². The number of piperidine rings is 1. The summed E-state index contributed by atoms with van der Waals surface area (Å²) in [5.41, 5.74) is 1.29. The second kappa shape index (κ2) is 8.68. The number of amides is 1. The zero-order valence-corrected chi connectivity index (χ0v) is 19.5. The van der Waals surface area contributed by atoms with Crippen molar-refractivity contribution in [1.29, 1.82) is 0 Å². The van der Waals surface area contributed by atoms with Gasteiger partial charge in [0.15, 0.2) is 0 Å². The smallest absolute Gasteiger partial charge is 0.260 e. The number of carbonyl (C=O) groups is 1. The molecular formula is C24H28ClN5O3. The Kier molecular flexibility index (Phi) is 5.86. The maximum absolute atomic E-state index is 12.5. The molecule has 5 rings (SSSR count). The van der Waals surface area contributed by atoms with E-state index < -0.39 is 6.10 Å². The van der Waals surface area contributed by atoms with Crippen molar-refractivity contribution >= 4 is 34.1 Å². The summed E-state index contributed by atoms with van der Waals surface area (Å²) >= 11 is 6.68. The number of carbonyl (C=O) groups excluding carboxylic acids is 1. The molecule has 2 aromatic heterocycles. The summed E-state index contributed by atoms with van der Waals surface area (Å²) in [5, 5.41) is 19.9. The molecule has 8 nitrogen and oxygen atoms in total. The lowest BCUT2D eigenvalue weighted by molar-refractivity contribution is -0.00211. The Morgan fingerprint density at radius 2 is 2.03 bits per heavy atom. The lowest BCUT2D eigenvalue weighted by Gasteiger charge is -2.43. The summed E-state index contributed by atoms with van der Waals surface area (Å²) in [4.78, 5) is 19.2. The van der Waals surface area contributed by atoms with Gasteiger partial charge in [-0.05, 0) is 67.9 Å². The Labute approximate surface area is 197 Å². The van der Waals surface area contributed by atoms with Crippen LogP contribution in [0.1, 0.15) is 41.6 Å². The minimum Gasteiger partial charge on any atom is -0.389 e. The van der Waals surface area contributed by atoms with Gasteiger partial charge in [-0.25, -0.2) is 4.98 Å². The van der Waals surface area contributed by atoms with Crippen LogP contribution in [-0.4, -0.2) is 68.6 Å². The minimum atomic E-state index is -0.453. The monoisotopic (exact) mass is 469 g/mol. The number of fused-ring (bicyclic) bond motifs is 1. The van der Waals surface area contributed by atoms with Gasteiger partial charge >= 0.3 is 0 Å². The molecule has 1 amide bonds. The minimum absolute atomic E-state index is 0.247. The number of nitrogens with one attached hydrogen (secondary N) is 1. The molecule has 2 aliphatic rings. The van der Waals surface area contributed by atoms with Crippen molar-refractivity contribution in [2.75, 3.05) is 31.6 Å². The summed E-state index contributed by atoms with van der Waals surface area (Å²) < 4.78 is 7.11. The zero-order chi connectivity index (χ0) is 23.2. The number of halogens is 1. The van der Waals surface area contributed by atoms with Gasteiger partial charge in [-0.15, -0.1) is 0 Å². The van der Waals surface area contributed by atoms with Gasteiger partial charge < -0.3 is 15.2 Å². The maximum atomic E-state index is 12.5. The number of benzene rings is 1. The van der Waals surface area contributed by atoms with Gasteiger partial charge in [0.1, 0.15) is 5.82 Å². The summed E-state index contributed by atoms with van der Waals surface area (Å²) in [6.45, 7) is 4.83. The number of nitrogens with zero attached hydrogens (tertiary/aromatic N) is 4. The molecule has 0 unspecified atom stereocenters. The Bertz CT molecular complexity index is 1190. The van der Waals surface area contributed by atoms with Crippen molar-refractivity contribution in [3.8, 4) is 0 Å². The van der Waals surface area contributed by atoms with Crippen LogP contribution >= 0.6 is 11.6 Å². The summed E-state index contributed by atoms with van der Waals surface area (Å²) in [7, 11) is 1.77. The fourth-order valence-corrected chi connectivity index (χ4v) is 5.27. The fourth-order valence-electron chi connectivity index (χ4n) is 4.95. The highest BCUT2D eigenvalue weighted by atomic mass is 35.5. The Morgan fingerprint density at radius 1 is 1.24 bits per heavy atom. The number of rotatable bonds is 4. The number of aromatic nitrogens is 3. The molecule has 4 heterocycles. The largest absolute Gasteiger partial charge is 0.389 e. The second-order valence-corrected chi connectivity index (χ2v) is 9.70. The summed E-state index contributed by atoms with van der Waals surface area (Å²) in [6.07, 6.45) is 6.39. The average molecular weight is 470 g/mol. The van der Waals surface area contributed by atoms with Crippen molar-refractivity contribution in [2.45, 2.75) is 37.3 Å². The van der Waals surface area contributed by atoms with E-state index in [4.69, 9.17) is 16.3 Å². The average Bonchev–Trinajstić information content (AvgIpc) is 3.39. The van der Waals surface area contributed by atoms with Gasteiger partial charge in [-0.3, -0.25) is 14.4 Å². The van der Waals surface area contributed by atoms with Crippen LogP contribution in [0.25, 0.3) is 10.8 Å². The van der Waals surface area contributed by atoms with Gasteiger partial charge in [-0.1, -0.05) is 11.6 Å². The molecule has 1 aromatic carbocycles. The predicted octanol–water partition coefficient (Wildman–Crippen LogP) is 3.20. The first kappa shape index (κ1) is 22.3. The molecule has 33 heavy (non-hydrogen) atoms. The van der Waals surface area contributed by atoms with E-state index in [2.05, 4.69) is 33.3 Å². The molecule has 0 saturated carbocycles. The maximum Gasteiger partial charge on any atom is 0.260 e. The first-order valence-corrected chi connectivity index (χ1v) is 11.6. The van der Waals surface area contributed by atoms with Gasteiger partial charge in [0, 0.05) is 29.9 Å². The van der Waals surface area contributed by atoms with E-state index in [1.54, 1.807) is 24.1 Å². The number of pyridine rings is 1. The SMILES string of the molecule is Cn1cc(C(=O)Nc2cc3cc(C4CCN([C@]5(C)COC[C@@H]5O)CC4)c(Cl)cc3cn2)cn1. The molecule has 0 spiro atoms. The predicted molar refractivity (Wildman–Crippen MR) is 127 cm³/mol. The third kappa shape index (κ3) is 4.24. The van der Waals surface area contributed by atoms with Crippen molar-refractivity contribution in [1.82, 2.24) is 19.7 Å². The summed E-state index contributed by atoms with van der Waals surface area (Å²) in [6, 6.07) is 5.95. The molecule has 0 aliphatic carbocycles. The number of aliphatic hydroxyl groups is 1. The van der Waals surface area contributed by atoms with Crippen molar-refractivity contribution in [2.24, 2.45) is 7.05 Å². The quantitative estimate of drug-likeness (QED) is 0.609. The van der Waals surface area contributed by atoms with Crippen LogP contribution in [0.2, 0.25) is 5.02 Å². The normalized spacial score (nSPS) is 24.4. The van der Waals surface area contributed by atoms with E-state index >= 15 is 0 Å². The highest BCUT2D eigenvalue weighted by molar-refractivity contribution is 6.32. The molecular weight excluding hydrogens is 442 g/mol. The molecule has 2 saturated heterocycles. The lowest BCUT2D eigenvalue weighted by atomic mass is 9.85. The van der Waals surface area contributed by atoms with Crippen LogP contribution in [0.4, 0.5) is 5.82 Å². The van der Waals surface area contributed by atoms with Crippen LogP contribution < -0.4 is 5.32 Å². The number of aliphatic hydroxyl groups excluding tert-OH is 1. The zero-order valence-electron chi connectivity index (χ0n) is 18.8.